The summed E-state index contributed by atoms with van der Waals surface area (Å²) in [6.45, 7) is 12.7. The fourth-order valence-electron chi connectivity index (χ4n) is 6.22. The van der Waals surface area contributed by atoms with E-state index in [1.807, 2.05) is 51.1 Å². The fourth-order valence-corrected chi connectivity index (χ4v) is 6.22. The van der Waals surface area contributed by atoms with Gasteiger partial charge in [0.05, 0.1) is 11.8 Å². The van der Waals surface area contributed by atoms with E-state index in [9.17, 15) is 19.5 Å². The number of amides is 3. The molecule has 0 unspecified atom stereocenters. The Morgan fingerprint density at radius 3 is 2.52 bits per heavy atom. The molecule has 0 bridgehead atoms. The molecule has 0 aliphatic carbocycles. The van der Waals surface area contributed by atoms with Gasteiger partial charge in [0.2, 0.25) is 11.8 Å². The van der Waals surface area contributed by atoms with Crippen molar-refractivity contribution in [2.24, 2.45) is 5.92 Å². The summed E-state index contributed by atoms with van der Waals surface area (Å²) in [5, 5.41) is 17.6. The minimum absolute atomic E-state index is 0.0507. The van der Waals surface area contributed by atoms with Crippen molar-refractivity contribution in [2.75, 3.05) is 6.54 Å². The number of β-amino-alcohol motifs (C(OH)–C–C–N with tert-alkyl or cyclic N) is 1. The first-order chi connectivity index (χ1) is 19.9. The molecule has 3 aromatic rings. The number of carbonyl (C=O) groups excluding carboxylic acids is 3. The number of carbonyl (C=O) groups is 3. The second-order valence-electron chi connectivity index (χ2n) is 12.8. The molecule has 3 amide bonds. The SMILES string of the molecule is Cc1nocc1-c1ccc(CNC(=O)[C@@H]2C[C@@H](O)CN2C(=O)[C@H](C(C)C)N2Cc3ccccc3C2=O)c(C(C)(C)C)c1. The van der Waals surface area contributed by atoms with Gasteiger partial charge in [-0.2, -0.15) is 0 Å². The van der Waals surface area contributed by atoms with Gasteiger partial charge in [-0.1, -0.05) is 76.2 Å². The topological polar surface area (TPSA) is 116 Å². The number of benzene rings is 2. The molecule has 1 aromatic heterocycles. The van der Waals surface area contributed by atoms with E-state index in [0.717, 1.165) is 33.5 Å². The van der Waals surface area contributed by atoms with E-state index < -0.39 is 18.2 Å². The zero-order chi connectivity index (χ0) is 30.3. The maximum atomic E-state index is 14.0. The van der Waals surface area contributed by atoms with E-state index in [0.29, 0.717) is 12.1 Å². The zero-order valence-electron chi connectivity index (χ0n) is 25.2. The third-order valence-corrected chi connectivity index (χ3v) is 8.37. The van der Waals surface area contributed by atoms with Gasteiger partial charge in [-0.05, 0) is 46.6 Å². The van der Waals surface area contributed by atoms with Gasteiger partial charge in [0.1, 0.15) is 18.3 Å². The van der Waals surface area contributed by atoms with Crippen LogP contribution in [0.5, 0.6) is 0 Å². The number of aliphatic hydroxyl groups excluding tert-OH is 1. The molecule has 1 saturated heterocycles. The Balaban J connectivity index is 1.34. The van der Waals surface area contributed by atoms with Crippen molar-refractivity contribution in [3.63, 3.8) is 0 Å². The van der Waals surface area contributed by atoms with Crippen LogP contribution in [-0.4, -0.2) is 62.5 Å². The Kier molecular flexibility index (Phi) is 7.98. The first-order valence-corrected chi connectivity index (χ1v) is 14.6. The number of hydrogen-bond donors (Lipinski definition) is 2. The highest BCUT2D eigenvalue weighted by molar-refractivity contribution is 6.01. The summed E-state index contributed by atoms with van der Waals surface area (Å²) < 4.78 is 5.13. The van der Waals surface area contributed by atoms with Crippen LogP contribution < -0.4 is 5.32 Å². The van der Waals surface area contributed by atoms with Crippen molar-refractivity contribution in [2.45, 2.75) is 84.7 Å². The average Bonchev–Trinajstić information content (AvgIpc) is 3.64. The van der Waals surface area contributed by atoms with E-state index in [4.69, 9.17) is 4.52 Å². The number of nitrogens with one attached hydrogen (secondary N) is 1. The smallest absolute Gasteiger partial charge is 0.255 e. The molecule has 0 radical (unpaired) electrons. The minimum atomic E-state index is -0.828. The van der Waals surface area contributed by atoms with Crippen molar-refractivity contribution in [1.82, 2.24) is 20.3 Å². The van der Waals surface area contributed by atoms with Gasteiger partial charge < -0.3 is 24.7 Å². The minimum Gasteiger partial charge on any atom is -0.391 e. The number of aryl methyl sites for hydroxylation is 1. The molecule has 2 aliphatic rings. The number of aliphatic hydroxyl groups is 1. The monoisotopic (exact) mass is 572 g/mol. The first kappa shape index (κ1) is 29.5. The highest BCUT2D eigenvalue weighted by Gasteiger charge is 2.45. The summed E-state index contributed by atoms with van der Waals surface area (Å²) in [6.07, 6.45) is 0.961. The Morgan fingerprint density at radius 1 is 1.14 bits per heavy atom. The van der Waals surface area contributed by atoms with Gasteiger partial charge in [-0.3, -0.25) is 14.4 Å². The summed E-state index contributed by atoms with van der Waals surface area (Å²) in [7, 11) is 0. The molecule has 5 rings (SSSR count). The molecule has 0 saturated carbocycles. The number of likely N-dealkylation sites (tertiary alicyclic amines) is 1. The van der Waals surface area contributed by atoms with Crippen LogP contribution in [0.15, 0.2) is 53.3 Å². The number of aromatic nitrogens is 1. The van der Waals surface area contributed by atoms with Crippen LogP contribution in [0.25, 0.3) is 11.1 Å². The summed E-state index contributed by atoms with van der Waals surface area (Å²) in [4.78, 5) is 43.9. The molecule has 2 aliphatic heterocycles. The summed E-state index contributed by atoms with van der Waals surface area (Å²) >= 11 is 0. The molecule has 2 aromatic carbocycles. The largest absolute Gasteiger partial charge is 0.391 e. The van der Waals surface area contributed by atoms with E-state index in [-0.39, 0.29) is 48.6 Å². The third kappa shape index (κ3) is 5.57. The lowest BCUT2D eigenvalue weighted by Crippen LogP contribution is -2.55. The van der Waals surface area contributed by atoms with Crippen molar-refractivity contribution >= 4 is 17.7 Å². The number of hydrogen-bond acceptors (Lipinski definition) is 6. The molecule has 3 heterocycles. The summed E-state index contributed by atoms with van der Waals surface area (Å²) in [5.41, 5.74) is 6.05. The van der Waals surface area contributed by atoms with Gasteiger partial charge in [-0.25, -0.2) is 0 Å². The Morgan fingerprint density at radius 2 is 1.88 bits per heavy atom. The Bertz CT molecular complexity index is 1500. The Labute approximate surface area is 246 Å². The lowest BCUT2D eigenvalue weighted by Gasteiger charge is -2.35. The van der Waals surface area contributed by atoms with Crippen molar-refractivity contribution in [3.8, 4) is 11.1 Å². The zero-order valence-corrected chi connectivity index (χ0v) is 25.2. The van der Waals surface area contributed by atoms with Gasteiger partial charge in [0.25, 0.3) is 5.91 Å². The molecule has 9 heteroatoms. The van der Waals surface area contributed by atoms with Crippen LogP contribution in [-0.2, 0) is 28.1 Å². The summed E-state index contributed by atoms with van der Waals surface area (Å²) in [6, 6.07) is 11.9. The maximum absolute atomic E-state index is 14.0. The molecular weight excluding hydrogens is 532 g/mol. The van der Waals surface area contributed by atoms with Gasteiger partial charge in [0, 0.05) is 37.2 Å². The molecule has 222 valence electrons. The third-order valence-electron chi connectivity index (χ3n) is 8.37. The van der Waals surface area contributed by atoms with E-state index in [1.165, 1.54) is 4.90 Å². The van der Waals surface area contributed by atoms with Crippen LogP contribution in [0.3, 0.4) is 0 Å². The molecule has 1 fully saturated rings. The van der Waals surface area contributed by atoms with E-state index in [1.54, 1.807) is 17.2 Å². The molecule has 9 nitrogen and oxygen atoms in total. The van der Waals surface area contributed by atoms with E-state index >= 15 is 0 Å². The average molecular weight is 573 g/mol. The number of fused-ring (bicyclic) bond motifs is 1. The van der Waals surface area contributed by atoms with Gasteiger partial charge in [-0.15, -0.1) is 0 Å². The molecule has 3 atom stereocenters. The maximum Gasteiger partial charge on any atom is 0.255 e. The van der Waals surface area contributed by atoms with Crippen LogP contribution in [0.1, 0.15) is 73.8 Å². The van der Waals surface area contributed by atoms with Crippen molar-refractivity contribution < 1.29 is 24.0 Å². The molecule has 2 N–H and O–H groups in total. The highest BCUT2D eigenvalue weighted by atomic mass is 16.5. The number of rotatable bonds is 7. The van der Waals surface area contributed by atoms with Crippen LogP contribution in [0.4, 0.5) is 0 Å². The Hall–Kier alpha value is -3.98. The fraction of sp³-hybridized carbons (Fsp3) is 0.455. The quantitative estimate of drug-likeness (QED) is 0.438. The van der Waals surface area contributed by atoms with Crippen LogP contribution in [0.2, 0.25) is 0 Å². The van der Waals surface area contributed by atoms with Crippen LogP contribution in [0, 0.1) is 12.8 Å². The highest BCUT2D eigenvalue weighted by Crippen LogP contribution is 2.33. The standard InChI is InChI=1S/C33H40N4O5/c1-19(2)29(37-16-23-9-7-8-10-25(23)31(37)40)32(41)36-17-24(38)14-28(36)30(39)34-15-22-12-11-21(13-27(22)33(4,5)6)26-18-42-35-20(26)3/h7-13,18-19,24,28-29,38H,14-17H2,1-6H3,(H,34,39)/t24-,28+,29+/m1/s1. The second kappa shape index (κ2) is 11.4. The lowest BCUT2D eigenvalue weighted by atomic mass is 9.82. The molecule has 42 heavy (non-hydrogen) atoms. The normalized spacial score (nSPS) is 19.4. The second-order valence-corrected chi connectivity index (χ2v) is 12.8. The van der Waals surface area contributed by atoms with Gasteiger partial charge in [0.15, 0.2) is 0 Å². The predicted molar refractivity (Wildman–Crippen MR) is 158 cm³/mol. The predicted octanol–water partition coefficient (Wildman–Crippen LogP) is 4.21. The summed E-state index contributed by atoms with van der Waals surface area (Å²) in [5.74, 6) is -0.999. The molecular formula is C33H40N4O5. The van der Waals surface area contributed by atoms with E-state index in [2.05, 4.69) is 37.3 Å². The van der Waals surface area contributed by atoms with Crippen LogP contribution >= 0.6 is 0 Å². The first-order valence-electron chi connectivity index (χ1n) is 14.6. The lowest BCUT2D eigenvalue weighted by molar-refractivity contribution is -0.143. The number of nitrogens with zero attached hydrogens (tertiary/aromatic N) is 3. The van der Waals surface area contributed by atoms with Gasteiger partial charge >= 0.3 is 0 Å². The van der Waals surface area contributed by atoms with Crippen molar-refractivity contribution in [3.05, 3.63) is 76.7 Å². The van der Waals surface area contributed by atoms with Crippen molar-refractivity contribution in [1.29, 1.82) is 0 Å². The molecule has 0 spiro atoms.